The minimum Gasteiger partial charge on any atom is -0.378 e. The van der Waals surface area contributed by atoms with E-state index in [2.05, 4.69) is 24.3 Å². The molecule has 8 heteroatoms. The summed E-state index contributed by atoms with van der Waals surface area (Å²) in [7, 11) is -8.67. The van der Waals surface area contributed by atoms with E-state index in [-0.39, 0.29) is 21.3 Å². The van der Waals surface area contributed by atoms with Gasteiger partial charge in [-0.15, -0.1) is 0 Å². The molecule has 0 saturated heterocycles. The van der Waals surface area contributed by atoms with Crippen LogP contribution in [0.15, 0.2) is 143 Å². The molecule has 10 rings (SSSR count). The third kappa shape index (κ3) is 4.66. The van der Waals surface area contributed by atoms with Crippen molar-refractivity contribution in [3.8, 4) is 11.5 Å². The van der Waals surface area contributed by atoms with Gasteiger partial charge in [0.25, 0.3) is 0 Å². The van der Waals surface area contributed by atoms with Gasteiger partial charge < -0.3 is 8.37 Å². The Kier molecular flexibility index (Phi) is 6.75. The first kappa shape index (κ1) is 30.6. The fourth-order valence-electron chi connectivity index (χ4n) is 7.66. The quantitative estimate of drug-likeness (QED) is 0.128. The normalized spacial score (nSPS) is 16.1. The summed E-state index contributed by atoms with van der Waals surface area (Å²) in [6.45, 7) is 3.78. The Hall–Kier alpha value is -5.44. The summed E-state index contributed by atoms with van der Waals surface area (Å²) in [5, 5.41) is 2.56. The minimum absolute atomic E-state index is 0.0230. The van der Waals surface area contributed by atoms with E-state index in [1.54, 1.807) is 24.3 Å². The van der Waals surface area contributed by atoms with Gasteiger partial charge in [0.1, 0.15) is 9.79 Å². The highest BCUT2D eigenvalue weighted by molar-refractivity contribution is 7.87. The van der Waals surface area contributed by atoms with Crippen molar-refractivity contribution < 1.29 is 25.2 Å². The van der Waals surface area contributed by atoms with Crippen molar-refractivity contribution in [1.82, 2.24) is 0 Å². The molecule has 0 saturated carbocycles. The van der Waals surface area contributed by atoms with Crippen molar-refractivity contribution >= 4 is 41.8 Å². The zero-order chi connectivity index (χ0) is 34.4. The summed E-state index contributed by atoms with van der Waals surface area (Å²) in [4.78, 5) is 0.0460. The van der Waals surface area contributed by atoms with E-state index in [9.17, 15) is 16.8 Å². The van der Waals surface area contributed by atoms with E-state index in [0.29, 0.717) is 21.9 Å². The molecule has 2 bridgehead atoms. The Labute approximate surface area is 290 Å². The molecule has 0 spiro atoms. The zero-order valence-corrected chi connectivity index (χ0v) is 28.8. The van der Waals surface area contributed by atoms with E-state index in [4.69, 9.17) is 8.37 Å². The minimum atomic E-state index is -4.33. The van der Waals surface area contributed by atoms with E-state index in [1.165, 1.54) is 24.3 Å². The van der Waals surface area contributed by atoms with Gasteiger partial charge in [-0.1, -0.05) is 108 Å². The molecule has 0 radical (unpaired) electrons. The number of benzene rings is 7. The second-order valence-electron chi connectivity index (χ2n) is 13.1. The van der Waals surface area contributed by atoms with Gasteiger partial charge in [0, 0.05) is 33.7 Å². The number of rotatable bonds is 6. The fourth-order valence-corrected chi connectivity index (χ4v) is 9.59. The molecule has 3 aliphatic rings. The van der Waals surface area contributed by atoms with Crippen molar-refractivity contribution in [3.05, 3.63) is 178 Å². The molecule has 0 amide bonds. The van der Waals surface area contributed by atoms with Crippen LogP contribution in [-0.2, 0) is 20.2 Å². The van der Waals surface area contributed by atoms with Crippen molar-refractivity contribution in [3.63, 3.8) is 0 Å². The molecule has 0 atom stereocenters. The van der Waals surface area contributed by atoms with Crippen LogP contribution >= 0.6 is 0 Å². The second-order valence-corrected chi connectivity index (χ2v) is 16.1. The van der Waals surface area contributed by atoms with Gasteiger partial charge in [0.05, 0.1) is 0 Å². The van der Waals surface area contributed by atoms with Gasteiger partial charge >= 0.3 is 20.2 Å². The summed E-state index contributed by atoms with van der Waals surface area (Å²) in [6.07, 6.45) is 0. The van der Waals surface area contributed by atoms with Crippen LogP contribution in [0.5, 0.6) is 11.5 Å². The number of hydrogen-bond acceptors (Lipinski definition) is 6. The Morgan fingerprint density at radius 1 is 0.440 bits per heavy atom. The maximum absolute atomic E-state index is 14.2. The highest BCUT2D eigenvalue weighted by atomic mass is 32.2. The van der Waals surface area contributed by atoms with Gasteiger partial charge in [-0.3, -0.25) is 0 Å². The van der Waals surface area contributed by atoms with Crippen molar-refractivity contribution in [2.75, 3.05) is 0 Å². The number of fused-ring (bicyclic) bond motifs is 2. The fraction of sp³-hybridized carbons (Fsp3) is 0.0952. The summed E-state index contributed by atoms with van der Waals surface area (Å²) in [5.41, 5.74) is 7.03. The smallest absolute Gasteiger partial charge is 0.339 e. The van der Waals surface area contributed by atoms with Gasteiger partial charge in [-0.25, -0.2) is 0 Å². The molecular weight excluding hydrogens is 665 g/mol. The van der Waals surface area contributed by atoms with Crippen LogP contribution in [0.4, 0.5) is 0 Å². The van der Waals surface area contributed by atoms with Gasteiger partial charge in [-0.2, -0.15) is 16.8 Å². The van der Waals surface area contributed by atoms with Crippen LogP contribution in [-0.4, -0.2) is 16.8 Å². The van der Waals surface area contributed by atoms with E-state index in [1.807, 2.05) is 74.5 Å². The lowest BCUT2D eigenvalue weighted by Gasteiger charge is -2.43. The molecule has 0 N–H and O–H groups in total. The molecule has 0 fully saturated rings. The van der Waals surface area contributed by atoms with Gasteiger partial charge in [-0.05, 0) is 83.3 Å². The maximum atomic E-state index is 14.2. The summed E-state index contributed by atoms with van der Waals surface area (Å²) >= 11 is 0. The average molecular weight is 695 g/mol. The van der Waals surface area contributed by atoms with E-state index in [0.717, 1.165) is 44.2 Å². The molecule has 7 aromatic rings. The van der Waals surface area contributed by atoms with Crippen molar-refractivity contribution in [2.24, 2.45) is 0 Å². The lowest BCUT2D eigenvalue weighted by atomic mass is 9.60. The third-order valence-corrected chi connectivity index (χ3v) is 12.4. The number of hydrogen-bond donors (Lipinski definition) is 0. The predicted molar refractivity (Wildman–Crippen MR) is 194 cm³/mol. The first-order valence-corrected chi connectivity index (χ1v) is 19.1. The first-order valence-electron chi connectivity index (χ1n) is 16.3. The Bertz CT molecular complexity index is 2520. The van der Waals surface area contributed by atoms with Crippen molar-refractivity contribution in [2.45, 2.75) is 35.5 Å². The molecule has 0 unspecified atom stereocenters. The molecule has 7 aromatic carbocycles. The Morgan fingerprint density at radius 3 is 1.10 bits per heavy atom. The van der Waals surface area contributed by atoms with Crippen LogP contribution in [0.3, 0.4) is 0 Å². The molecule has 3 aliphatic carbocycles. The first-order chi connectivity index (χ1) is 24.1. The standard InChI is InChI=1S/C42H30O6S2/c1-25-15-19-29(20-16-25)49(43,44)47-41-35-23-27-9-3-4-10-28(27)24-36(35)42(48-50(45,46)30-21-17-26(2)18-22-30)40-38-33-13-7-5-11-31(33)37(39(40)41)32-12-6-8-14-34(32)38/h3-24,37-38H,1-2H3. The third-order valence-electron chi connectivity index (χ3n) is 9.97. The monoisotopic (exact) mass is 694 g/mol. The second kappa shape index (κ2) is 11.0. The van der Waals surface area contributed by atoms with Crippen LogP contribution < -0.4 is 8.37 Å². The zero-order valence-electron chi connectivity index (χ0n) is 27.1. The van der Waals surface area contributed by atoms with Crippen molar-refractivity contribution in [1.29, 1.82) is 0 Å². The van der Waals surface area contributed by atoms with Gasteiger partial charge in [0.2, 0.25) is 0 Å². The average Bonchev–Trinajstić information content (AvgIpc) is 3.12. The summed E-state index contributed by atoms with van der Waals surface area (Å²) in [5.74, 6) is -0.572. The van der Waals surface area contributed by atoms with E-state index < -0.39 is 32.1 Å². The lowest BCUT2D eigenvalue weighted by molar-refractivity contribution is 0.472. The van der Waals surface area contributed by atoms with Crippen LogP contribution in [0.2, 0.25) is 0 Å². The summed E-state index contributed by atoms with van der Waals surface area (Å²) in [6, 6.07) is 40.6. The molecule has 50 heavy (non-hydrogen) atoms. The predicted octanol–water partition coefficient (Wildman–Crippen LogP) is 9.13. The topological polar surface area (TPSA) is 86.7 Å². The van der Waals surface area contributed by atoms with Gasteiger partial charge in [0.15, 0.2) is 11.5 Å². The number of aryl methyl sites for hydroxylation is 2. The highest BCUT2D eigenvalue weighted by Gasteiger charge is 2.47. The molecular formula is C42H30O6S2. The largest absolute Gasteiger partial charge is 0.378 e. The highest BCUT2D eigenvalue weighted by Crippen LogP contribution is 2.62. The molecule has 0 heterocycles. The lowest BCUT2D eigenvalue weighted by Crippen LogP contribution is -2.29. The van der Waals surface area contributed by atoms with Crippen LogP contribution in [0.25, 0.3) is 21.5 Å². The van der Waals surface area contributed by atoms with E-state index >= 15 is 0 Å². The maximum Gasteiger partial charge on any atom is 0.339 e. The Balaban J connectivity index is 1.42. The Morgan fingerprint density at radius 2 is 0.760 bits per heavy atom. The molecule has 0 aromatic heterocycles. The molecule has 246 valence electrons. The molecule has 6 nitrogen and oxygen atoms in total. The summed E-state index contributed by atoms with van der Waals surface area (Å²) < 4.78 is 69.4. The SMILES string of the molecule is Cc1ccc(S(=O)(=O)Oc2c3c(c(OS(=O)(=O)c4ccc(C)cc4)c4cc5ccccc5cc24)C2c4ccccc4C3c3ccccc32)cc1. The molecule has 0 aliphatic heterocycles. The van der Waals surface area contributed by atoms with Crippen LogP contribution in [0, 0.1) is 13.8 Å². The van der Waals surface area contributed by atoms with Crippen LogP contribution in [0.1, 0.15) is 56.3 Å².